The van der Waals surface area contributed by atoms with E-state index in [0.717, 1.165) is 12.1 Å². The van der Waals surface area contributed by atoms with Crippen LogP contribution >= 0.6 is 0 Å². The maximum atomic E-state index is 14.0. The van der Waals surface area contributed by atoms with Crippen LogP contribution in [0.25, 0.3) is 0 Å². The fourth-order valence-electron chi connectivity index (χ4n) is 2.85. The van der Waals surface area contributed by atoms with E-state index in [0.29, 0.717) is 18.5 Å². The summed E-state index contributed by atoms with van der Waals surface area (Å²) in [5.74, 6) is -2.58. The first kappa shape index (κ1) is 19.7. The van der Waals surface area contributed by atoms with E-state index in [1.165, 1.54) is 13.1 Å². The van der Waals surface area contributed by atoms with Gasteiger partial charge < -0.3 is 15.9 Å². The van der Waals surface area contributed by atoms with E-state index in [9.17, 15) is 18.7 Å². The van der Waals surface area contributed by atoms with Crippen LogP contribution in [0, 0.1) is 11.7 Å². The van der Waals surface area contributed by atoms with Crippen molar-refractivity contribution in [2.45, 2.75) is 31.5 Å². The summed E-state index contributed by atoms with van der Waals surface area (Å²) in [5.41, 5.74) is 6.10. The van der Waals surface area contributed by atoms with Crippen LogP contribution in [0.15, 0.2) is 40.5 Å². The number of alkyl halides is 1. The molecule has 8 heteroatoms. The molecule has 0 aliphatic heterocycles. The highest BCUT2D eigenvalue weighted by Gasteiger charge is 2.30. The third kappa shape index (κ3) is 4.32. The number of hydrogen-bond donors (Lipinski definition) is 3. The fraction of sp³-hybridized carbons (Fsp3) is 0.389. The summed E-state index contributed by atoms with van der Waals surface area (Å²) in [6.45, 7) is 3.85. The van der Waals surface area contributed by atoms with Gasteiger partial charge in [0.05, 0.1) is 11.7 Å². The van der Waals surface area contributed by atoms with Crippen molar-refractivity contribution in [3.63, 3.8) is 0 Å². The molecule has 0 unspecified atom stereocenters. The number of nitrogens with zero attached hydrogens (tertiary/aromatic N) is 2. The summed E-state index contributed by atoms with van der Waals surface area (Å²) in [6, 6.07) is 3.50. The molecule has 0 radical (unpaired) electrons. The second kappa shape index (κ2) is 8.18. The minimum absolute atomic E-state index is 0.0151. The Morgan fingerprint density at radius 2 is 2.08 bits per heavy atom. The van der Waals surface area contributed by atoms with Crippen molar-refractivity contribution in [2.24, 2.45) is 21.6 Å². The summed E-state index contributed by atoms with van der Waals surface area (Å²) in [4.78, 5) is 19.1. The molecule has 1 saturated carbocycles. The van der Waals surface area contributed by atoms with Crippen molar-refractivity contribution in [1.82, 2.24) is 0 Å². The van der Waals surface area contributed by atoms with Crippen LogP contribution in [0.5, 0.6) is 0 Å². The third-order valence-corrected chi connectivity index (χ3v) is 4.42. The molecule has 0 amide bonds. The highest BCUT2D eigenvalue weighted by atomic mass is 19.1. The molecule has 3 atom stereocenters. The number of aliphatic hydroxyl groups excluding tert-OH is 1. The number of halogens is 2. The van der Waals surface area contributed by atoms with E-state index in [1.54, 1.807) is 0 Å². The molecule has 0 aromatic heterocycles. The summed E-state index contributed by atoms with van der Waals surface area (Å²) in [6.07, 6.45) is -1.43. The zero-order valence-corrected chi connectivity index (χ0v) is 14.3. The van der Waals surface area contributed by atoms with E-state index >= 15 is 0 Å². The lowest BCUT2D eigenvalue weighted by Crippen LogP contribution is -2.31. The first-order valence-electron chi connectivity index (χ1n) is 8.10. The number of carboxylic acids is 1. The van der Waals surface area contributed by atoms with Gasteiger partial charge in [0.2, 0.25) is 0 Å². The number of carboxylic acid groups (broad SMARTS) is 1. The number of benzene rings is 1. The zero-order chi connectivity index (χ0) is 19.4. The predicted octanol–water partition coefficient (Wildman–Crippen LogP) is 2.31. The SMILES string of the molecule is C=C(N=C(C(N)=NC)c1ccc(C(=O)O)c(F)c1)[C@@H]1CC[C@@H](O)[C@H](F)C1. The lowest BCUT2D eigenvalue weighted by Gasteiger charge is -2.28. The molecular weight excluding hydrogens is 344 g/mol. The Morgan fingerprint density at radius 1 is 1.38 bits per heavy atom. The zero-order valence-electron chi connectivity index (χ0n) is 14.3. The second-order valence-electron chi connectivity index (χ2n) is 6.15. The molecule has 6 nitrogen and oxygen atoms in total. The molecule has 1 aliphatic rings. The van der Waals surface area contributed by atoms with E-state index in [4.69, 9.17) is 10.8 Å². The van der Waals surface area contributed by atoms with Gasteiger partial charge in [-0.1, -0.05) is 12.6 Å². The van der Waals surface area contributed by atoms with Gasteiger partial charge in [0.25, 0.3) is 0 Å². The molecule has 26 heavy (non-hydrogen) atoms. The maximum Gasteiger partial charge on any atom is 0.338 e. The molecule has 0 heterocycles. The molecule has 1 aromatic carbocycles. The van der Waals surface area contributed by atoms with Gasteiger partial charge in [-0.2, -0.15) is 0 Å². The van der Waals surface area contributed by atoms with Crippen molar-refractivity contribution in [1.29, 1.82) is 0 Å². The number of carbonyl (C=O) groups is 1. The number of rotatable bonds is 5. The Balaban J connectivity index is 2.36. The molecule has 0 bridgehead atoms. The average Bonchev–Trinajstić information content (AvgIpc) is 2.60. The van der Waals surface area contributed by atoms with Gasteiger partial charge in [-0.05, 0) is 31.4 Å². The largest absolute Gasteiger partial charge is 0.478 e. The number of aliphatic hydroxyl groups is 1. The van der Waals surface area contributed by atoms with Gasteiger partial charge in [0.1, 0.15) is 23.5 Å². The third-order valence-electron chi connectivity index (χ3n) is 4.42. The quantitative estimate of drug-likeness (QED) is 0.549. The normalized spacial score (nSPS) is 24.4. The molecule has 140 valence electrons. The van der Waals surface area contributed by atoms with Crippen LogP contribution in [-0.4, -0.2) is 47.1 Å². The van der Waals surface area contributed by atoms with Gasteiger partial charge in [-0.3, -0.25) is 4.99 Å². The Morgan fingerprint density at radius 3 is 2.62 bits per heavy atom. The Kier molecular flexibility index (Phi) is 6.20. The number of aliphatic imine (C=N–C) groups is 2. The lowest BCUT2D eigenvalue weighted by molar-refractivity contribution is 0.0305. The monoisotopic (exact) mass is 365 g/mol. The highest BCUT2D eigenvalue weighted by molar-refractivity contribution is 6.47. The Hall–Kier alpha value is -2.61. The summed E-state index contributed by atoms with van der Waals surface area (Å²) in [5, 5.41) is 18.4. The van der Waals surface area contributed by atoms with Crippen LogP contribution < -0.4 is 5.73 Å². The standard InChI is InChI=1S/C18H21F2N3O3/c1-9(10-4-6-15(24)14(20)7-10)23-16(17(21)22-2)11-3-5-12(18(25)26)13(19)8-11/h3,5,8,10,14-15,24H,1,4,6-7H2,2H3,(H2,21,22)(H,25,26)/t10-,14-,15-/m1/s1. The molecular formula is C18H21F2N3O3. The van der Waals surface area contributed by atoms with Crippen LogP contribution in [0.2, 0.25) is 0 Å². The Labute approximate surface area is 149 Å². The number of allylic oxidation sites excluding steroid dienone is 1. The van der Waals surface area contributed by atoms with E-state index in [1.807, 2.05) is 0 Å². The van der Waals surface area contributed by atoms with Crippen molar-refractivity contribution < 1.29 is 23.8 Å². The highest BCUT2D eigenvalue weighted by Crippen LogP contribution is 2.32. The predicted molar refractivity (Wildman–Crippen MR) is 94.8 cm³/mol. The smallest absolute Gasteiger partial charge is 0.338 e. The van der Waals surface area contributed by atoms with E-state index < -0.39 is 29.6 Å². The van der Waals surface area contributed by atoms with E-state index in [2.05, 4.69) is 16.6 Å². The van der Waals surface area contributed by atoms with Gasteiger partial charge >= 0.3 is 5.97 Å². The van der Waals surface area contributed by atoms with Crippen LogP contribution in [0.1, 0.15) is 35.2 Å². The van der Waals surface area contributed by atoms with Crippen molar-refractivity contribution in [3.05, 3.63) is 47.4 Å². The maximum absolute atomic E-state index is 14.0. The van der Waals surface area contributed by atoms with Crippen molar-refractivity contribution in [2.75, 3.05) is 7.05 Å². The molecule has 0 spiro atoms. The molecule has 1 aliphatic carbocycles. The van der Waals surface area contributed by atoms with E-state index in [-0.39, 0.29) is 29.4 Å². The molecule has 1 aromatic rings. The molecule has 0 saturated heterocycles. The fourth-order valence-corrected chi connectivity index (χ4v) is 2.85. The van der Waals surface area contributed by atoms with Gasteiger partial charge in [0, 0.05) is 24.2 Å². The first-order valence-corrected chi connectivity index (χ1v) is 8.10. The minimum atomic E-state index is -1.39. The number of nitrogens with two attached hydrogens (primary N) is 1. The Bertz CT molecular complexity index is 777. The number of aromatic carboxylic acids is 1. The summed E-state index contributed by atoms with van der Waals surface area (Å²) >= 11 is 0. The van der Waals surface area contributed by atoms with Gasteiger partial charge in [-0.25, -0.2) is 18.6 Å². The summed E-state index contributed by atoms with van der Waals surface area (Å²) < 4.78 is 27.8. The van der Waals surface area contributed by atoms with Crippen LogP contribution in [0.3, 0.4) is 0 Å². The molecule has 2 rings (SSSR count). The topological polar surface area (TPSA) is 108 Å². The number of amidine groups is 1. The van der Waals surface area contributed by atoms with Gasteiger partial charge in [0.15, 0.2) is 0 Å². The lowest BCUT2D eigenvalue weighted by atomic mass is 9.84. The van der Waals surface area contributed by atoms with Crippen LogP contribution in [0.4, 0.5) is 8.78 Å². The summed E-state index contributed by atoms with van der Waals surface area (Å²) in [7, 11) is 1.43. The van der Waals surface area contributed by atoms with Gasteiger partial charge in [-0.15, -0.1) is 0 Å². The van der Waals surface area contributed by atoms with Crippen molar-refractivity contribution >= 4 is 17.5 Å². The van der Waals surface area contributed by atoms with Crippen LogP contribution in [-0.2, 0) is 0 Å². The minimum Gasteiger partial charge on any atom is -0.478 e. The number of hydrogen-bond acceptors (Lipinski definition) is 4. The second-order valence-corrected chi connectivity index (χ2v) is 6.15. The molecule has 1 fully saturated rings. The molecule has 4 N–H and O–H groups in total. The average molecular weight is 365 g/mol. The van der Waals surface area contributed by atoms with Crippen molar-refractivity contribution in [3.8, 4) is 0 Å². The first-order chi connectivity index (χ1) is 12.2.